The highest BCUT2D eigenvalue weighted by Gasteiger charge is 2.38. The molecule has 0 spiro atoms. The van der Waals surface area contributed by atoms with E-state index in [0.717, 1.165) is 37.2 Å². The SMILES string of the molecule is CCN(CC)CCCNC(=O)Nc1c(C)cc(C)c(C(=O)P(=O)(c2ccccc2)c2ccccc2)c1C. The van der Waals surface area contributed by atoms with E-state index in [4.69, 9.17) is 0 Å². The maximum atomic E-state index is 14.7. The highest BCUT2D eigenvalue weighted by molar-refractivity contribution is 7.93. The zero-order chi connectivity index (χ0) is 27.0. The second-order valence-corrected chi connectivity index (χ2v) is 11.9. The minimum atomic E-state index is -3.67. The molecule has 0 unspecified atom stereocenters. The van der Waals surface area contributed by atoms with E-state index in [1.54, 1.807) is 48.5 Å². The van der Waals surface area contributed by atoms with Gasteiger partial charge >= 0.3 is 6.03 Å². The maximum absolute atomic E-state index is 14.7. The van der Waals surface area contributed by atoms with Crippen LogP contribution in [0.5, 0.6) is 0 Å². The summed E-state index contributed by atoms with van der Waals surface area (Å²) in [7, 11) is -3.67. The van der Waals surface area contributed by atoms with Crippen LogP contribution < -0.4 is 21.2 Å². The zero-order valence-corrected chi connectivity index (χ0v) is 23.4. The Morgan fingerprint density at radius 2 is 1.38 bits per heavy atom. The molecular formula is C30H38N3O3P. The molecule has 0 aliphatic carbocycles. The lowest BCUT2D eigenvalue weighted by Crippen LogP contribution is -2.33. The van der Waals surface area contributed by atoms with Gasteiger partial charge in [0.1, 0.15) is 0 Å². The molecule has 3 rings (SSSR count). The Labute approximate surface area is 220 Å². The monoisotopic (exact) mass is 519 g/mol. The fourth-order valence-electron chi connectivity index (χ4n) is 4.73. The smallest absolute Gasteiger partial charge is 0.319 e. The molecule has 0 saturated carbocycles. The van der Waals surface area contributed by atoms with Gasteiger partial charge in [0.05, 0.1) is 0 Å². The number of rotatable bonds is 11. The molecule has 6 nitrogen and oxygen atoms in total. The van der Waals surface area contributed by atoms with E-state index < -0.39 is 12.7 Å². The van der Waals surface area contributed by atoms with Crippen molar-refractivity contribution in [3.05, 3.63) is 89.0 Å². The summed E-state index contributed by atoms with van der Waals surface area (Å²) in [5, 5.41) is 6.84. The van der Waals surface area contributed by atoms with Gasteiger partial charge in [-0.2, -0.15) is 0 Å². The third kappa shape index (κ3) is 6.38. The Bertz CT molecular complexity index is 1230. The molecule has 2 N–H and O–H groups in total. The van der Waals surface area contributed by atoms with Crippen molar-refractivity contribution in [3.8, 4) is 0 Å². The summed E-state index contributed by atoms with van der Waals surface area (Å²) < 4.78 is 14.7. The number of hydrogen-bond acceptors (Lipinski definition) is 4. The van der Waals surface area contributed by atoms with Gasteiger partial charge in [0.25, 0.3) is 0 Å². The average Bonchev–Trinajstić information content (AvgIpc) is 2.91. The van der Waals surface area contributed by atoms with Gasteiger partial charge < -0.3 is 20.1 Å². The first-order valence-electron chi connectivity index (χ1n) is 12.9. The number of amides is 2. The predicted molar refractivity (Wildman–Crippen MR) is 154 cm³/mol. The van der Waals surface area contributed by atoms with Crippen LogP contribution >= 0.6 is 7.14 Å². The lowest BCUT2D eigenvalue weighted by atomic mass is 9.98. The van der Waals surface area contributed by atoms with Crippen molar-refractivity contribution in [1.29, 1.82) is 0 Å². The minimum absolute atomic E-state index is 0.317. The summed E-state index contributed by atoms with van der Waals surface area (Å²) in [5.41, 5.74) is 2.73. The van der Waals surface area contributed by atoms with E-state index in [2.05, 4.69) is 29.4 Å². The third-order valence-corrected chi connectivity index (χ3v) is 9.63. The Hall–Kier alpha value is -3.21. The van der Waals surface area contributed by atoms with Crippen molar-refractivity contribution in [2.45, 2.75) is 41.0 Å². The summed E-state index contributed by atoms with van der Waals surface area (Å²) >= 11 is 0. The van der Waals surface area contributed by atoms with E-state index >= 15 is 0 Å². The molecule has 3 aromatic rings. The van der Waals surface area contributed by atoms with Crippen LogP contribution in [0.3, 0.4) is 0 Å². The second-order valence-electron chi connectivity index (χ2n) is 9.23. The molecule has 0 fully saturated rings. The molecule has 196 valence electrons. The average molecular weight is 520 g/mol. The summed E-state index contributed by atoms with van der Waals surface area (Å²) in [4.78, 5) is 29.2. The fraction of sp³-hybridized carbons (Fsp3) is 0.333. The molecule has 0 aromatic heterocycles. The van der Waals surface area contributed by atoms with Crippen molar-refractivity contribution in [3.63, 3.8) is 0 Å². The van der Waals surface area contributed by atoms with Crippen molar-refractivity contribution < 1.29 is 14.2 Å². The predicted octanol–water partition coefficient (Wildman–Crippen LogP) is 5.62. The number of carbonyl (C=O) groups is 2. The van der Waals surface area contributed by atoms with Gasteiger partial charge in [-0.05, 0) is 63.5 Å². The van der Waals surface area contributed by atoms with Crippen LogP contribution in [0.15, 0.2) is 66.7 Å². The molecule has 0 aliphatic heterocycles. The first kappa shape index (κ1) is 28.4. The number of nitrogens with one attached hydrogen (secondary N) is 2. The number of carbonyl (C=O) groups excluding carboxylic acids is 2. The lowest BCUT2D eigenvalue weighted by molar-refractivity contribution is 0.107. The number of anilines is 1. The summed E-state index contributed by atoms with van der Waals surface area (Å²) in [6.07, 6.45) is 0.849. The van der Waals surface area contributed by atoms with Crippen LogP contribution in [0.4, 0.5) is 10.5 Å². The molecule has 37 heavy (non-hydrogen) atoms. The normalized spacial score (nSPS) is 11.4. The topological polar surface area (TPSA) is 78.5 Å². The van der Waals surface area contributed by atoms with E-state index in [-0.39, 0.29) is 6.03 Å². The van der Waals surface area contributed by atoms with Crippen molar-refractivity contribution >= 4 is 35.0 Å². The van der Waals surface area contributed by atoms with Gasteiger partial charge in [-0.3, -0.25) is 4.79 Å². The molecule has 2 amide bonds. The Kier molecular flexibility index (Phi) is 9.85. The first-order valence-corrected chi connectivity index (χ1v) is 14.6. The highest BCUT2D eigenvalue weighted by atomic mass is 31.2. The minimum Gasteiger partial charge on any atom is -0.338 e. The van der Waals surface area contributed by atoms with E-state index in [1.807, 2.05) is 39.0 Å². The number of nitrogens with zero attached hydrogens (tertiary/aromatic N) is 1. The van der Waals surface area contributed by atoms with Gasteiger partial charge in [-0.25, -0.2) is 4.79 Å². The standard InChI is InChI=1S/C30H38N3O3P/c1-6-33(7-2)20-14-19-31-30(35)32-28-23(4)21-22(3)27(24(28)5)29(34)37(36,25-15-10-8-11-16-25)26-17-12-9-13-18-26/h8-13,15-18,21H,6-7,14,19-20H2,1-5H3,(H2,31,32,35). The van der Waals surface area contributed by atoms with Gasteiger partial charge in [0.2, 0.25) is 12.7 Å². The molecule has 0 bridgehead atoms. The van der Waals surface area contributed by atoms with E-state index in [9.17, 15) is 14.2 Å². The summed E-state index contributed by atoms with van der Waals surface area (Å²) in [6.45, 7) is 13.2. The van der Waals surface area contributed by atoms with Crippen molar-refractivity contribution in [1.82, 2.24) is 10.2 Å². The van der Waals surface area contributed by atoms with Crippen molar-refractivity contribution in [2.24, 2.45) is 0 Å². The van der Waals surface area contributed by atoms with Crippen LogP contribution in [0, 0.1) is 20.8 Å². The molecule has 0 saturated heterocycles. The Balaban J connectivity index is 1.93. The lowest BCUT2D eigenvalue weighted by Gasteiger charge is -2.23. The number of hydrogen-bond donors (Lipinski definition) is 2. The van der Waals surface area contributed by atoms with Crippen LogP contribution in [0.25, 0.3) is 0 Å². The van der Waals surface area contributed by atoms with Gasteiger partial charge in [-0.1, -0.05) is 80.6 Å². The van der Waals surface area contributed by atoms with Gasteiger partial charge in [0, 0.05) is 28.4 Å². The second kappa shape index (κ2) is 12.8. The molecule has 3 aromatic carbocycles. The Morgan fingerprint density at radius 1 is 0.838 bits per heavy atom. The van der Waals surface area contributed by atoms with E-state index in [0.29, 0.717) is 34.0 Å². The summed E-state index contributed by atoms with van der Waals surface area (Å²) in [5.74, 6) is 0. The highest BCUT2D eigenvalue weighted by Crippen LogP contribution is 2.48. The fourth-order valence-corrected chi connectivity index (χ4v) is 7.34. The zero-order valence-electron chi connectivity index (χ0n) is 22.5. The largest absolute Gasteiger partial charge is 0.338 e. The molecule has 0 heterocycles. The van der Waals surface area contributed by atoms with E-state index in [1.165, 1.54) is 0 Å². The Morgan fingerprint density at radius 3 is 1.89 bits per heavy atom. The molecule has 0 radical (unpaired) electrons. The first-order chi connectivity index (χ1) is 17.7. The number of aryl methyl sites for hydroxylation is 2. The molecule has 7 heteroatoms. The van der Waals surface area contributed by atoms with Crippen LogP contribution in [0.1, 0.15) is 47.3 Å². The quantitative estimate of drug-likeness (QED) is 0.255. The number of urea groups is 1. The third-order valence-electron chi connectivity index (χ3n) is 6.78. The maximum Gasteiger partial charge on any atom is 0.319 e. The molecule has 0 aliphatic rings. The van der Waals surface area contributed by atoms with Gasteiger partial charge in [-0.15, -0.1) is 0 Å². The summed E-state index contributed by atoms with van der Waals surface area (Å²) in [6, 6.07) is 19.4. The van der Waals surface area contributed by atoms with Gasteiger partial charge in [0.15, 0.2) is 0 Å². The van der Waals surface area contributed by atoms with Crippen LogP contribution in [0.2, 0.25) is 0 Å². The molecular weight excluding hydrogens is 481 g/mol. The number of benzene rings is 3. The van der Waals surface area contributed by atoms with Crippen LogP contribution in [-0.4, -0.2) is 42.6 Å². The van der Waals surface area contributed by atoms with Crippen molar-refractivity contribution in [2.75, 3.05) is 31.5 Å². The molecule has 0 atom stereocenters. The van der Waals surface area contributed by atoms with Crippen LogP contribution in [-0.2, 0) is 4.57 Å².